The van der Waals surface area contributed by atoms with E-state index in [1.807, 2.05) is 36.4 Å². The lowest BCUT2D eigenvalue weighted by atomic mass is 10.2. The fourth-order valence-corrected chi connectivity index (χ4v) is 2.89. The molecule has 0 amide bonds. The lowest BCUT2D eigenvalue weighted by molar-refractivity contribution is 0.104. The second-order valence-corrected chi connectivity index (χ2v) is 6.28. The number of epoxide rings is 2. The standard InChI is InChI=1S/C20H22O4/c1-3-7-15(8-4-1)11-21-13-17-19(23-17)20-18(24-20)14-22-12-16-9-5-2-6-10-16/h1-10,17-20H,11-14H2/t17-,18-,19+,20+/m0/s1. The van der Waals surface area contributed by atoms with Gasteiger partial charge in [-0.2, -0.15) is 0 Å². The maximum Gasteiger partial charge on any atom is 0.115 e. The van der Waals surface area contributed by atoms with Gasteiger partial charge in [0, 0.05) is 0 Å². The highest BCUT2D eigenvalue weighted by Gasteiger charge is 2.57. The summed E-state index contributed by atoms with van der Waals surface area (Å²) in [5.41, 5.74) is 2.37. The Bertz CT molecular complexity index is 573. The molecular weight excluding hydrogens is 304 g/mol. The fourth-order valence-electron chi connectivity index (χ4n) is 2.89. The highest BCUT2D eigenvalue weighted by atomic mass is 16.7. The molecule has 4 nitrogen and oxygen atoms in total. The first-order valence-corrected chi connectivity index (χ1v) is 8.44. The van der Waals surface area contributed by atoms with E-state index in [4.69, 9.17) is 18.9 Å². The molecule has 0 N–H and O–H groups in total. The first-order valence-electron chi connectivity index (χ1n) is 8.44. The number of hydrogen-bond donors (Lipinski definition) is 0. The van der Waals surface area contributed by atoms with Crippen LogP contribution in [0.15, 0.2) is 60.7 Å². The van der Waals surface area contributed by atoms with Crippen molar-refractivity contribution in [1.82, 2.24) is 0 Å². The molecule has 0 aliphatic carbocycles. The minimum absolute atomic E-state index is 0.165. The summed E-state index contributed by atoms with van der Waals surface area (Å²) in [4.78, 5) is 0. The van der Waals surface area contributed by atoms with Crippen LogP contribution in [0.5, 0.6) is 0 Å². The summed E-state index contributed by atoms with van der Waals surface area (Å²) in [5, 5.41) is 0. The van der Waals surface area contributed by atoms with E-state index in [0.717, 1.165) is 0 Å². The molecule has 2 saturated heterocycles. The predicted molar refractivity (Wildman–Crippen MR) is 89.5 cm³/mol. The second kappa shape index (κ2) is 7.45. The molecule has 4 heteroatoms. The van der Waals surface area contributed by atoms with Crippen molar-refractivity contribution in [2.24, 2.45) is 0 Å². The van der Waals surface area contributed by atoms with Gasteiger partial charge in [0.1, 0.15) is 24.4 Å². The Hall–Kier alpha value is -1.72. The summed E-state index contributed by atoms with van der Waals surface area (Å²) in [6.07, 6.45) is 0.674. The van der Waals surface area contributed by atoms with Crippen LogP contribution < -0.4 is 0 Å². The van der Waals surface area contributed by atoms with Crippen molar-refractivity contribution in [2.45, 2.75) is 37.6 Å². The first-order chi connectivity index (χ1) is 11.9. The van der Waals surface area contributed by atoms with Crippen LogP contribution >= 0.6 is 0 Å². The summed E-state index contributed by atoms with van der Waals surface area (Å²) in [6, 6.07) is 20.4. The summed E-state index contributed by atoms with van der Waals surface area (Å²) in [6.45, 7) is 2.50. The van der Waals surface area contributed by atoms with E-state index in [-0.39, 0.29) is 24.4 Å². The van der Waals surface area contributed by atoms with Gasteiger partial charge in [-0.1, -0.05) is 60.7 Å². The Morgan fingerprint density at radius 3 is 1.46 bits per heavy atom. The van der Waals surface area contributed by atoms with Gasteiger partial charge in [0.2, 0.25) is 0 Å². The van der Waals surface area contributed by atoms with Crippen LogP contribution in [0.4, 0.5) is 0 Å². The van der Waals surface area contributed by atoms with Crippen LogP contribution in [0.25, 0.3) is 0 Å². The van der Waals surface area contributed by atoms with Crippen molar-refractivity contribution in [1.29, 1.82) is 0 Å². The molecule has 4 atom stereocenters. The van der Waals surface area contributed by atoms with E-state index >= 15 is 0 Å². The molecule has 0 aromatic heterocycles. The number of rotatable bonds is 9. The number of benzene rings is 2. The van der Waals surface area contributed by atoms with E-state index in [9.17, 15) is 0 Å². The third kappa shape index (κ3) is 4.22. The molecular formula is C20H22O4. The second-order valence-electron chi connectivity index (χ2n) is 6.28. The first kappa shape index (κ1) is 15.8. The monoisotopic (exact) mass is 326 g/mol. The molecule has 4 rings (SSSR count). The molecule has 0 saturated carbocycles. The Labute approximate surface area is 142 Å². The Morgan fingerprint density at radius 1 is 0.625 bits per heavy atom. The highest BCUT2D eigenvalue weighted by Crippen LogP contribution is 2.39. The molecule has 2 aliphatic heterocycles. The Balaban J connectivity index is 1.09. The van der Waals surface area contributed by atoms with E-state index in [1.165, 1.54) is 11.1 Å². The normalized spacial score (nSPS) is 27.8. The fraction of sp³-hybridized carbons (Fsp3) is 0.400. The maximum atomic E-state index is 5.71. The summed E-state index contributed by atoms with van der Waals surface area (Å²) in [7, 11) is 0. The molecule has 2 aromatic carbocycles. The Kier molecular flexibility index (Phi) is 4.90. The molecule has 24 heavy (non-hydrogen) atoms. The van der Waals surface area contributed by atoms with E-state index < -0.39 is 0 Å². The van der Waals surface area contributed by atoms with Crippen molar-refractivity contribution in [3.63, 3.8) is 0 Å². The number of hydrogen-bond acceptors (Lipinski definition) is 4. The third-order valence-electron chi connectivity index (χ3n) is 4.35. The molecule has 2 heterocycles. The van der Waals surface area contributed by atoms with Crippen LogP contribution in [-0.2, 0) is 32.2 Å². The van der Waals surface area contributed by atoms with Gasteiger partial charge in [0.05, 0.1) is 26.4 Å². The summed E-state index contributed by atoms with van der Waals surface area (Å²) >= 11 is 0. The van der Waals surface area contributed by atoms with Gasteiger partial charge in [-0.15, -0.1) is 0 Å². The molecule has 2 fully saturated rings. The largest absolute Gasteiger partial charge is 0.374 e. The summed E-state index contributed by atoms with van der Waals surface area (Å²) in [5.74, 6) is 0. The van der Waals surface area contributed by atoms with E-state index in [1.54, 1.807) is 0 Å². The van der Waals surface area contributed by atoms with Crippen molar-refractivity contribution in [2.75, 3.05) is 13.2 Å². The number of ether oxygens (including phenoxy) is 4. The molecule has 0 spiro atoms. The van der Waals surface area contributed by atoms with Gasteiger partial charge in [-0.05, 0) is 11.1 Å². The SMILES string of the molecule is c1ccc(COC[C@@H]2O[C@H]2[C@@H]2O[C@H]2COCc2ccccc2)cc1. The van der Waals surface area contributed by atoms with Crippen molar-refractivity contribution >= 4 is 0 Å². The minimum atomic E-state index is 0.165. The smallest absolute Gasteiger partial charge is 0.115 e. The molecule has 2 aliphatic rings. The molecule has 0 unspecified atom stereocenters. The topological polar surface area (TPSA) is 43.5 Å². The Morgan fingerprint density at radius 2 is 1.04 bits per heavy atom. The van der Waals surface area contributed by atoms with Gasteiger partial charge in [-0.3, -0.25) is 0 Å². The molecule has 2 aromatic rings. The van der Waals surface area contributed by atoms with E-state index in [2.05, 4.69) is 24.3 Å². The van der Waals surface area contributed by atoms with Gasteiger partial charge < -0.3 is 18.9 Å². The van der Waals surface area contributed by atoms with Gasteiger partial charge in [-0.25, -0.2) is 0 Å². The van der Waals surface area contributed by atoms with Gasteiger partial charge >= 0.3 is 0 Å². The van der Waals surface area contributed by atoms with Crippen LogP contribution in [0.1, 0.15) is 11.1 Å². The third-order valence-corrected chi connectivity index (χ3v) is 4.35. The molecule has 0 radical (unpaired) electrons. The maximum absolute atomic E-state index is 5.71. The molecule has 0 bridgehead atoms. The van der Waals surface area contributed by atoms with Gasteiger partial charge in [0.25, 0.3) is 0 Å². The van der Waals surface area contributed by atoms with Crippen molar-refractivity contribution in [3.05, 3.63) is 71.8 Å². The van der Waals surface area contributed by atoms with Crippen molar-refractivity contribution < 1.29 is 18.9 Å². The van der Waals surface area contributed by atoms with E-state index in [0.29, 0.717) is 26.4 Å². The zero-order valence-electron chi connectivity index (χ0n) is 13.5. The average molecular weight is 326 g/mol. The van der Waals surface area contributed by atoms with Crippen LogP contribution in [0, 0.1) is 0 Å². The van der Waals surface area contributed by atoms with Crippen LogP contribution in [0.3, 0.4) is 0 Å². The average Bonchev–Trinajstić information content (AvgIpc) is 3.52. The summed E-state index contributed by atoms with van der Waals surface area (Å²) < 4.78 is 22.8. The quantitative estimate of drug-likeness (QED) is 0.665. The zero-order valence-corrected chi connectivity index (χ0v) is 13.5. The molecule has 126 valence electrons. The van der Waals surface area contributed by atoms with Crippen LogP contribution in [-0.4, -0.2) is 37.6 Å². The minimum Gasteiger partial charge on any atom is -0.374 e. The highest BCUT2D eigenvalue weighted by molar-refractivity contribution is 5.14. The lowest BCUT2D eigenvalue weighted by Gasteiger charge is -2.02. The van der Waals surface area contributed by atoms with Crippen LogP contribution in [0.2, 0.25) is 0 Å². The zero-order chi connectivity index (χ0) is 16.2. The van der Waals surface area contributed by atoms with Gasteiger partial charge in [0.15, 0.2) is 0 Å². The van der Waals surface area contributed by atoms with Crippen molar-refractivity contribution in [3.8, 4) is 0 Å². The lowest BCUT2D eigenvalue weighted by Crippen LogP contribution is -2.13. The predicted octanol–water partition coefficient (Wildman–Crippen LogP) is 2.95.